The fraction of sp³-hybridized carbons (Fsp3) is 0.483. The van der Waals surface area contributed by atoms with E-state index in [1.54, 1.807) is 31.4 Å². The number of hydrogen-bond donors (Lipinski definition) is 0. The van der Waals surface area contributed by atoms with Gasteiger partial charge < -0.3 is 9.47 Å². The summed E-state index contributed by atoms with van der Waals surface area (Å²) in [6.07, 6.45) is 8.35. The van der Waals surface area contributed by atoms with Gasteiger partial charge in [-0.3, -0.25) is 4.79 Å². The lowest BCUT2D eigenvalue weighted by atomic mass is 9.48. The van der Waals surface area contributed by atoms with Crippen LogP contribution in [0.1, 0.15) is 56.6 Å². The van der Waals surface area contributed by atoms with Crippen LogP contribution < -0.4 is 4.74 Å². The number of carbonyl (C=O) groups is 1. The number of carbonyl (C=O) groups excluding carboxylic acids is 1. The minimum atomic E-state index is -3.73. The Morgan fingerprint density at radius 2 is 1.83 bits per heavy atom. The number of rotatable bonds is 4. The maximum Gasteiger partial charge on any atom is 0.303 e. The first kappa shape index (κ1) is 22.8. The Morgan fingerprint density at radius 1 is 1.06 bits per heavy atom. The minimum Gasteiger partial charge on any atom is -0.497 e. The molecule has 0 N–H and O–H groups in total. The van der Waals surface area contributed by atoms with E-state index >= 15 is 0 Å². The predicted molar refractivity (Wildman–Crippen MR) is 133 cm³/mol. The second kappa shape index (κ2) is 7.45. The molecule has 2 bridgehead atoms. The van der Waals surface area contributed by atoms with Crippen LogP contribution in [0.4, 0.5) is 0 Å². The zero-order chi connectivity index (χ0) is 24.6. The molecule has 2 aromatic rings. The van der Waals surface area contributed by atoms with Gasteiger partial charge in [0.25, 0.3) is 0 Å². The zero-order valence-electron chi connectivity index (χ0n) is 20.5. The van der Waals surface area contributed by atoms with Crippen molar-refractivity contribution in [3.05, 3.63) is 71.8 Å². The van der Waals surface area contributed by atoms with Gasteiger partial charge in [-0.15, -0.1) is 0 Å². The predicted octanol–water partition coefficient (Wildman–Crippen LogP) is 5.25. The smallest absolute Gasteiger partial charge is 0.303 e. The first-order valence-corrected chi connectivity index (χ1v) is 14.1. The van der Waals surface area contributed by atoms with E-state index in [1.165, 1.54) is 18.1 Å². The highest BCUT2D eigenvalue weighted by molar-refractivity contribution is 7.92. The van der Waals surface area contributed by atoms with Gasteiger partial charge in [-0.25, -0.2) is 8.42 Å². The lowest BCUT2D eigenvalue weighted by Crippen LogP contribution is -2.56. The van der Waals surface area contributed by atoms with Gasteiger partial charge in [0.15, 0.2) is 15.4 Å². The molecule has 0 radical (unpaired) electrons. The number of esters is 1. The van der Waals surface area contributed by atoms with Crippen molar-refractivity contribution in [2.24, 2.45) is 16.7 Å². The second-order valence-corrected chi connectivity index (χ2v) is 13.1. The molecule has 6 heteroatoms. The lowest BCUT2D eigenvalue weighted by molar-refractivity contribution is -0.168. The summed E-state index contributed by atoms with van der Waals surface area (Å²) in [5, 5.41) is -0.799. The first-order chi connectivity index (χ1) is 16.7. The van der Waals surface area contributed by atoms with Crippen molar-refractivity contribution >= 4 is 15.8 Å². The highest BCUT2D eigenvalue weighted by Crippen LogP contribution is 2.76. The van der Waals surface area contributed by atoms with E-state index in [0.29, 0.717) is 23.2 Å². The quantitative estimate of drug-likeness (QED) is 0.431. The van der Waals surface area contributed by atoms with Gasteiger partial charge in [0.05, 0.1) is 12.0 Å². The molecule has 0 heterocycles. The van der Waals surface area contributed by atoms with E-state index in [2.05, 4.69) is 25.1 Å². The summed E-state index contributed by atoms with van der Waals surface area (Å²) in [5.41, 5.74) is 0.744. The molecule has 0 aromatic heterocycles. The molecule has 4 aliphatic carbocycles. The monoisotopic (exact) mass is 492 g/mol. The molecule has 2 aromatic carbocycles. The normalized spacial score (nSPS) is 36.7. The number of aryl methyl sites for hydroxylation is 1. The topological polar surface area (TPSA) is 69.7 Å². The molecule has 184 valence electrons. The van der Waals surface area contributed by atoms with Crippen LogP contribution in [0.2, 0.25) is 0 Å². The van der Waals surface area contributed by atoms with E-state index in [0.717, 1.165) is 31.4 Å². The Kier molecular flexibility index (Phi) is 4.86. The number of sulfone groups is 1. The fourth-order valence-electron chi connectivity index (χ4n) is 8.33. The number of ether oxygens (including phenoxy) is 2. The molecule has 35 heavy (non-hydrogen) atoms. The molecular formula is C29H32O5S. The lowest BCUT2D eigenvalue weighted by Gasteiger charge is -2.56. The second-order valence-electron chi connectivity index (χ2n) is 11.0. The van der Waals surface area contributed by atoms with Gasteiger partial charge in [0.1, 0.15) is 11.0 Å². The summed E-state index contributed by atoms with van der Waals surface area (Å²) in [6.45, 7) is 3.57. The largest absolute Gasteiger partial charge is 0.497 e. The Balaban J connectivity index is 1.49. The van der Waals surface area contributed by atoms with Crippen molar-refractivity contribution in [1.29, 1.82) is 0 Å². The van der Waals surface area contributed by atoms with E-state index in [1.807, 2.05) is 18.2 Å². The van der Waals surface area contributed by atoms with Crippen molar-refractivity contribution in [3.8, 4) is 5.75 Å². The summed E-state index contributed by atoms with van der Waals surface area (Å²) in [6, 6.07) is 15.0. The van der Waals surface area contributed by atoms with Crippen LogP contribution in [0.5, 0.6) is 5.75 Å². The Bertz CT molecular complexity index is 1330. The third-order valence-corrected chi connectivity index (χ3v) is 12.1. The molecule has 2 fully saturated rings. The molecule has 0 amide bonds. The van der Waals surface area contributed by atoms with Crippen LogP contribution in [0.3, 0.4) is 0 Å². The van der Waals surface area contributed by atoms with E-state index in [4.69, 9.17) is 9.47 Å². The molecule has 5 nitrogen and oxygen atoms in total. The highest BCUT2D eigenvalue weighted by Gasteiger charge is 2.78. The van der Waals surface area contributed by atoms with Crippen LogP contribution in [0.15, 0.2) is 65.6 Å². The van der Waals surface area contributed by atoms with Crippen LogP contribution in [0, 0.1) is 16.7 Å². The summed E-state index contributed by atoms with van der Waals surface area (Å²) >= 11 is 0. The van der Waals surface area contributed by atoms with Crippen molar-refractivity contribution in [2.75, 3.05) is 7.11 Å². The molecule has 0 aliphatic heterocycles. The number of methoxy groups -OCH3 is 1. The fourth-order valence-corrected chi connectivity index (χ4v) is 10.5. The van der Waals surface area contributed by atoms with Crippen LogP contribution in [0.25, 0.3) is 0 Å². The Morgan fingerprint density at radius 3 is 2.54 bits per heavy atom. The zero-order valence-corrected chi connectivity index (χ0v) is 21.3. The van der Waals surface area contributed by atoms with Crippen molar-refractivity contribution in [3.63, 3.8) is 0 Å². The van der Waals surface area contributed by atoms with E-state index in [-0.39, 0.29) is 5.41 Å². The minimum absolute atomic E-state index is 0.298. The Hall–Kier alpha value is -2.60. The van der Waals surface area contributed by atoms with Crippen LogP contribution >= 0.6 is 0 Å². The van der Waals surface area contributed by atoms with Crippen LogP contribution in [-0.4, -0.2) is 32.3 Å². The van der Waals surface area contributed by atoms with E-state index in [9.17, 15) is 13.2 Å². The molecule has 0 saturated heterocycles. The number of allylic oxidation sites excluding steroid dienone is 1. The highest BCUT2D eigenvalue weighted by atomic mass is 32.2. The van der Waals surface area contributed by atoms with E-state index < -0.39 is 32.1 Å². The number of fused-ring (bicyclic) bond motifs is 3. The van der Waals surface area contributed by atoms with Crippen molar-refractivity contribution < 1.29 is 22.7 Å². The number of hydrogen-bond acceptors (Lipinski definition) is 5. The summed E-state index contributed by atoms with van der Waals surface area (Å²) in [5.74, 6) is 1.11. The van der Waals surface area contributed by atoms with Gasteiger partial charge in [-0.05, 0) is 85.4 Å². The van der Waals surface area contributed by atoms with Gasteiger partial charge in [0, 0.05) is 17.8 Å². The van der Waals surface area contributed by atoms with Gasteiger partial charge in [0.2, 0.25) is 0 Å². The van der Waals surface area contributed by atoms with Crippen LogP contribution in [-0.2, 0) is 25.8 Å². The van der Waals surface area contributed by atoms with Gasteiger partial charge in [-0.1, -0.05) is 37.3 Å². The summed E-state index contributed by atoms with van der Waals surface area (Å²) < 4.78 is 39.8. The average molecular weight is 493 g/mol. The van der Waals surface area contributed by atoms with Crippen molar-refractivity contribution in [2.45, 2.75) is 67.6 Å². The van der Waals surface area contributed by atoms with Gasteiger partial charge >= 0.3 is 5.97 Å². The maximum absolute atomic E-state index is 14.1. The maximum atomic E-state index is 14.1. The summed E-state index contributed by atoms with van der Waals surface area (Å²) in [7, 11) is -2.03. The van der Waals surface area contributed by atoms with Crippen molar-refractivity contribution in [1.82, 2.24) is 0 Å². The molecule has 2 saturated carbocycles. The third-order valence-electron chi connectivity index (χ3n) is 9.86. The summed E-state index contributed by atoms with van der Waals surface area (Å²) in [4.78, 5) is 12.7. The first-order valence-electron chi connectivity index (χ1n) is 12.5. The third kappa shape index (κ3) is 2.80. The molecular weight excluding hydrogens is 460 g/mol. The molecule has 4 aliphatic rings. The molecule has 0 spiro atoms. The SMILES string of the molecule is COc1ccc2c(c1)CC[C@@H]1[C@@H]2CC[C@@]2(C)[C@]13C=C[C@]2(OC(C)=O)[C@H](S(=O)(=O)c1ccccc1)C3. The average Bonchev–Trinajstić information content (AvgIpc) is 3.24. The molecule has 6 rings (SSSR count). The Labute approximate surface area is 207 Å². The molecule has 0 unspecified atom stereocenters. The number of benzene rings is 2. The van der Waals surface area contributed by atoms with Gasteiger partial charge in [-0.2, -0.15) is 0 Å². The molecule has 6 atom stereocenters. The standard InChI is InChI=1S/C29H32O5S/c1-19(30)34-29-16-15-28(18-26(29)35(31,32)22-7-5-4-6-8-22)25-12-9-20-17-21(33-3)10-11-23(20)24(25)13-14-27(28,29)2/h4-8,10-11,15-17,24-26H,9,12-14,18H2,1-3H3/t24-,25-,26-,27+,28+,29+/m1/s1.